The molecule has 2 atom stereocenters. The number of hydrogen-bond acceptors (Lipinski definition) is 5. The molecule has 0 saturated carbocycles. The van der Waals surface area contributed by atoms with Gasteiger partial charge in [-0.1, -0.05) is 65.1 Å². The zero-order valence-electron chi connectivity index (χ0n) is 17.4. The van der Waals surface area contributed by atoms with Crippen LogP contribution in [0.15, 0.2) is 30.3 Å². The van der Waals surface area contributed by atoms with E-state index < -0.39 is 46.2 Å². The predicted molar refractivity (Wildman–Crippen MR) is 116 cm³/mol. The second kappa shape index (κ2) is 10.1. The molecule has 0 bridgehead atoms. The van der Waals surface area contributed by atoms with E-state index in [0.29, 0.717) is 0 Å². The summed E-state index contributed by atoms with van der Waals surface area (Å²) in [7, 11) is 0. The van der Waals surface area contributed by atoms with Crippen LogP contribution in [0.25, 0.3) is 0 Å². The van der Waals surface area contributed by atoms with Gasteiger partial charge < -0.3 is 14.6 Å². The van der Waals surface area contributed by atoms with Crippen LogP contribution < -0.4 is 0 Å². The number of nitrogens with zero attached hydrogens (tertiary/aromatic N) is 2. The number of carboxylic acids is 1. The number of hydrogen-bond donors (Lipinski definition) is 1. The number of benzene rings is 1. The molecule has 8 nitrogen and oxygen atoms in total. The molecule has 11 heteroatoms. The fraction of sp³-hybridized carbons (Fsp3) is 0.550. The Balaban J connectivity index is 2.26. The molecular weight excluding hydrogens is 471 g/mol. The van der Waals surface area contributed by atoms with Crippen LogP contribution in [0.3, 0.4) is 0 Å². The minimum absolute atomic E-state index is 0.00424. The van der Waals surface area contributed by atoms with Gasteiger partial charge in [-0.15, -0.1) is 0 Å². The molecule has 0 unspecified atom stereocenters. The minimum atomic E-state index is -1.80. The Morgan fingerprint density at radius 3 is 2.29 bits per heavy atom. The van der Waals surface area contributed by atoms with Crippen molar-refractivity contribution in [3.8, 4) is 0 Å². The molecule has 172 valence electrons. The lowest BCUT2D eigenvalue weighted by Gasteiger charge is -2.29. The maximum absolute atomic E-state index is 12.8. The third kappa shape index (κ3) is 7.94. The second-order valence-electron chi connectivity index (χ2n) is 8.16. The molecule has 1 fully saturated rings. The van der Waals surface area contributed by atoms with Gasteiger partial charge in [-0.25, -0.2) is 14.4 Å². The third-order valence-electron chi connectivity index (χ3n) is 4.42. The normalized spacial score (nSPS) is 19.1. The van der Waals surface area contributed by atoms with Crippen molar-refractivity contribution in [1.29, 1.82) is 0 Å². The highest BCUT2D eigenvalue weighted by Crippen LogP contribution is 2.29. The SMILES string of the molecule is CC(C)(C)OC(=O)N1C[C@@H](N(Cc2ccccc2)C(=O)OCC(Cl)(Cl)Cl)C[C@H]1C(=O)O. The minimum Gasteiger partial charge on any atom is -0.480 e. The van der Waals surface area contributed by atoms with Crippen molar-refractivity contribution in [2.75, 3.05) is 13.2 Å². The number of likely N-dealkylation sites (tertiary alicyclic amines) is 1. The summed E-state index contributed by atoms with van der Waals surface area (Å²) in [4.78, 5) is 39.6. The molecule has 1 heterocycles. The Bertz CT molecular complexity index is 794. The van der Waals surface area contributed by atoms with Crippen LogP contribution in [0.2, 0.25) is 0 Å². The highest BCUT2D eigenvalue weighted by molar-refractivity contribution is 6.67. The molecule has 0 aliphatic carbocycles. The fourth-order valence-corrected chi connectivity index (χ4v) is 3.31. The predicted octanol–water partition coefficient (Wildman–Crippen LogP) is 4.46. The summed E-state index contributed by atoms with van der Waals surface area (Å²) in [5, 5.41) is 9.63. The lowest BCUT2D eigenvalue weighted by molar-refractivity contribution is -0.142. The van der Waals surface area contributed by atoms with E-state index in [9.17, 15) is 19.5 Å². The number of carbonyl (C=O) groups is 3. The van der Waals surface area contributed by atoms with Crippen LogP contribution in [-0.2, 0) is 20.8 Å². The van der Waals surface area contributed by atoms with Crippen molar-refractivity contribution in [3.63, 3.8) is 0 Å². The number of ether oxygens (including phenoxy) is 2. The monoisotopic (exact) mass is 494 g/mol. The molecule has 1 N–H and O–H groups in total. The smallest absolute Gasteiger partial charge is 0.411 e. The summed E-state index contributed by atoms with van der Waals surface area (Å²) < 4.78 is 8.68. The Labute approximate surface area is 195 Å². The van der Waals surface area contributed by atoms with E-state index in [-0.39, 0.29) is 19.5 Å². The molecule has 2 rings (SSSR count). The van der Waals surface area contributed by atoms with Crippen molar-refractivity contribution in [2.24, 2.45) is 0 Å². The highest BCUT2D eigenvalue weighted by Gasteiger charge is 2.45. The van der Waals surface area contributed by atoms with Gasteiger partial charge in [-0.2, -0.15) is 0 Å². The van der Waals surface area contributed by atoms with Crippen molar-refractivity contribution < 1.29 is 29.0 Å². The van der Waals surface area contributed by atoms with Gasteiger partial charge in [-0.05, 0) is 26.3 Å². The first-order valence-electron chi connectivity index (χ1n) is 9.53. The van der Waals surface area contributed by atoms with E-state index in [1.54, 1.807) is 20.8 Å². The molecule has 0 aromatic heterocycles. The summed E-state index contributed by atoms with van der Waals surface area (Å²) in [6, 6.07) is 7.27. The van der Waals surface area contributed by atoms with Gasteiger partial charge in [0.15, 0.2) is 0 Å². The number of alkyl halides is 3. The molecule has 1 aliphatic rings. The van der Waals surface area contributed by atoms with Crippen LogP contribution >= 0.6 is 34.8 Å². The summed E-state index contributed by atoms with van der Waals surface area (Å²) in [6.45, 7) is 4.66. The Morgan fingerprint density at radius 2 is 1.77 bits per heavy atom. The number of aliphatic carboxylic acids is 1. The average Bonchev–Trinajstić information content (AvgIpc) is 3.09. The standard InChI is InChI=1S/C20H25Cl3N2O6/c1-19(2,3)31-18(29)25-11-14(9-15(25)16(26)27)24(10-13-7-5-4-6-8-13)17(28)30-12-20(21,22)23/h4-8,14-15H,9-12H2,1-3H3,(H,26,27)/t14-,15-/m0/s1. The molecular formula is C20H25Cl3N2O6. The summed E-state index contributed by atoms with van der Waals surface area (Å²) in [5.74, 6) is -1.19. The van der Waals surface area contributed by atoms with E-state index >= 15 is 0 Å². The molecule has 1 aromatic carbocycles. The van der Waals surface area contributed by atoms with E-state index in [4.69, 9.17) is 44.3 Å². The van der Waals surface area contributed by atoms with Crippen molar-refractivity contribution in [3.05, 3.63) is 35.9 Å². The molecule has 1 saturated heterocycles. The third-order valence-corrected chi connectivity index (χ3v) is 4.75. The van der Waals surface area contributed by atoms with Crippen molar-refractivity contribution in [1.82, 2.24) is 9.80 Å². The van der Waals surface area contributed by atoms with E-state index in [1.165, 1.54) is 4.90 Å². The topological polar surface area (TPSA) is 96.4 Å². The number of amides is 2. The summed E-state index contributed by atoms with van der Waals surface area (Å²) >= 11 is 17.0. The molecule has 1 aliphatic heterocycles. The van der Waals surface area contributed by atoms with Gasteiger partial charge in [0.25, 0.3) is 0 Å². The fourth-order valence-electron chi connectivity index (χ4n) is 3.15. The largest absolute Gasteiger partial charge is 0.480 e. The van der Waals surface area contributed by atoms with E-state index in [1.807, 2.05) is 30.3 Å². The van der Waals surface area contributed by atoms with Gasteiger partial charge in [0, 0.05) is 19.5 Å². The molecule has 1 aromatic rings. The van der Waals surface area contributed by atoms with Gasteiger partial charge in [0.2, 0.25) is 3.79 Å². The number of carbonyl (C=O) groups excluding carboxylic acids is 2. The first-order valence-corrected chi connectivity index (χ1v) is 10.7. The second-order valence-corrected chi connectivity index (χ2v) is 10.7. The van der Waals surface area contributed by atoms with Crippen LogP contribution in [0.4, 0.5) is 9.59 Å². The van der Waals surface area contributed by atoms with Crippen LogP contribution in [0.1, 0.15) is 32.8 Å². The van der Waals surface area contributed by atoms with E-state index in [2.05, 4.69) is 0 Å². The number of halogens is 3. The summed E-state index contributed by atoms with van der Waals surface area (Å²) in [6.07, 6.45) is -1.54. The maximum Gasteiger partial charge on any atom is 0.411 e. The van der Waals surface area contributed by atoms with Crippen LogP contribution in [0, 0.1) is 0 Å². The maximum atomic E-state index is 12.8. The molecule has 2 amide bonds. The Hall–Kier alpha value is -1.90. The van der Waals surface area contributed by atoms with Gasteiger partial charge in [-0.3, -0.25) is 9.80 Å². The Morgan fingerprint density at radius 1 is 1.16 bits per heavy atom. The van der Waals surface area contributed by atoms with Crippen LogP contribution in [-0.4, -0.2) is 67.7 Å². The van der Waals surface area contributed by atoms with Crippen molar-refractivity contribution in [2.45, 2.75) is 55.2 Å². The average molecular weight is 496 g/mol. The summed E-state index contributed by atoms with van der Waals surface area (Å²) in [5.41, 5.74) is -0.0124. The van der Waals surface area contributed by atoms with Crippen molar-refractivity contribution >= 4 is 53.0 Å². The number of carboxylic acid groups (broad SMARTS) is 1. The zero-order chi connectivity index (χ0) is 23.4. The first kappa shape index (κ1) is 25.4. The molecule has 31 heavy (non-hydrogen) atoms. The first-order chi connectivity index (χ1) is 14.3. The van der Waals surface area contributed by atoms with Gasteiger partial charge in [0.05, 0.1) is 6.04 Å². The lowest BCUT2D eigenvalue weighted by Crippen LogP contribution is -2.45. The quantitative estimate of drug-likeness (QED) is 0.606. The Kier molecular flexibility index (Phi) is 8.30. The van der Waals surface area contributed by atoms with Crippen LogP contribution in [0.5, 0.6) is 0 Å². The molecule has 0 radical (unpaired) electrons. The zero-order valence-corrected chi connectivity index (χ0v) is 19.7. The highest BCUT2D eigenvalue weighted by atomic mass is 35.6. The molecule has 0 spiro atoms. The lowest BCUT2D eigenvalue weighted by atomic mass is 10.1. The van der Waals surface area contributed by atoms with Gasteiger partial charge >= 0.3 is 18.2 Å². The van der Waals surface area contributed by atoms with Gasteiger partial charge in [0.1, 0.15) is 18.2 Å². The number of rotatable bonds is 5. The van der Waals surface area contributed by atoms with E-state index in [0.717, 1.165) is 10.5 Å².